The first-order chi connectivity index (χ1) is 11.3. The number of carboxylic acids is 2. The summed E-state index contributed by atoms with van der Waals surface area (Å²) in [6, 6.07) is 12.4. The average Bonchev–Trinajstić information content (AvgIpc) is 2.51. The molecule has 2 aromatic rings. The monoisotopic (exact) mass is 330 g/mol. The number of carboxylic acid groups (broad SMARTS) is 2. The fourth-order valence-corrected chi connectivity index (χ4v) is 2.75. The number of aliphatic carboxylic acids is 2. The minimum atomic E-state index is -1.69. The van der Waals surface area contributed by atoms with Crippen molar-refractivity contribution in [1.29, 1.82) is 0 Å². The zero-order chi connectivity index (χ0) is 17.7. The lowest BCUT2D eigenvalue weighted by atomic mass is 9.73. The number of hydrogen-bond donors (Lipinski definition) is 4. The van der Waals surface area contributed by atoms with E-state index in [1.54, 1.807) is 36.4 Å². The second-order valence-electron chi connectivity index (χ2n) is 5.77. The highest BCUT2D eigenvalue weighted by atomic mass is 16.4. The summed E-state index contributed by atoms with van der Waals surface area (Å²) in [5.74, 6) is -2.74. The molecule has 0 fully saturated rings. The first-order valence-electron chi connectivity index (χ1n) is 7.33. The zero-order valence-electron chi connectivity index (χ0n) is 12.8. The number of para-hydroxylation sites is 2. The summed E-state index contributed by atoms with van der Waals surface area (Å²) in [7, 11) is 0. The zero-order valence-corrected chi connectivity index (χ0v) is 12.8. The van der Waals surface area contributed by atoms with E-state index in [2.05, 4.69) is 0 Å². The molecule has 0 atom stereocenters. The summed E-state index contributed by atoms with van der Waals surface area (Å²) in [5.41, 5.74) is -1.00. The van der Waals surface area contributed by atoms with Crippen molar-refractivity contribution in [2.24, 2.45) is 5.41 Å². The van der Waals surface area contributed by atoms with Crippen LogP contribution in [-0.4, -0.2) is 32.4 Å². The molecular formula is C18H18O6. The summed E-state index contributed by atoms with van der Waals surface area (Å²) in [4.78, 5) is 23.2. The second kappa shape index (κ2) is 7.04. The van der Waals surface area contributed by atoms with Crippen molar-refractivity contribution in [3.63, 3.8) is 0 Å². The molecule has 0 spiro atoms. The Bertz CT molecular complexity index is 705. The van der Waals surface area contributed by atoms with Crippen molar-refractivity contribution in [2.45, 2.75) is 19.3 Å². The van der Waals surface area contributed by atoms with E-state index >= 15 is 0 Å². The topological polar surface area (TPSA) is 115 Å². The first kappa shape index (κ1) is 17.3. The minimum Gasteiger partial charge on any atom is -0.508 e. The van der Waals surface area contributed by atoms with E-state index in [9.17, 15) is 30.0 Å². The van der Waals surface area contributed by atoms with Crippen molar-refractivity contribution in [1.82, 2.24) is 0 Å². The number of hydrogen-bond acceptors (Lipinski definition) is 4. The van der Waals surface area contributed by atoms with Crippen LogP contribution in [0.25, 0.3) is 0 Å². The van der Waals surface area contributed by atoms with Crippen LogP contribution in [0.3, 0.4) is 0 Å². The highest BCUT2D eigenvalue weighted by Crippen LogP contribution is 2.36. The highest BCUT2D eigenvalue weighted by Gasteiger charge is 2.42. The van der Waals surface area contributed by atoms with E-state index in [-0.39, 0.29) is 24.3 Å². The molecule has 0 aromatic heterocycles. The van der Waals surface area contributed by atoms with E-state index in [1.165, 1.54) is 12.1 Å². The molecule has 4 N–H and O–H groups in total. The molecule has 24 heavy (non-hydrogen) atoms. The Kier molecular flexibility index (Phi) is 5.08. The number of phenolic OH excluding ortho intramolecular Hbond substituents is 2. The average molecular weight is 330 g/mol. The molecule has 0 saturated carbocycles. The van der Waals surface area contributed by atoms with Crippen LogP contribution in [0, 0.1) is 5.41 Å². The fourth-order valence-electron chi connectivity index (χ4n) is 2.75. The third-order valence-electron chi connectivity index (χ3n) is 3.98. The number of carbonyl (C=O) groups is 2. The highest BCUT2D eigenvalue weighted by molar-refractivity contribution is 5.82. The summed E-state index contributed by atoms with van der Waals surface area (Å²) in [5, 5.41) is 38.8. The molecule has 126 valence electrons. The van der Waals surface area contributed by atoms with Gasteiger partial charge in [0.2, 0.25) is 0 Å². The summed E-state index contributed by atoms with van der Waals surface area (Å²) < 4.78 is 0. The fraction of sp³-hybridized carbons (Fsp3) is 0.222. The molecule has 0 aliphatic rings. The third kappa shape index (κ3) is 3.84. The maximum atomic E-state index is 12.0. The Morgan fingerprint density at radius 1 is 0.792 bits per heavy atom. The molecule has 0 unspecified atom stereocenters. The summed E-state index contributed by atoms with van der Waals surface area (Å²) in [6.07, 6.45) is -0.976. The lowest BCUT2D eigenvalue weighted by Gasteiger charge is -2.28. The van der Waals surface area contributed by atoms with E-state index in [0.717, 1.165) is 0 Å². The van der Waals surface area contributed by atoms with E-state index in [1.807, 2.05) is 0 Å². The third-order valence-corrected chi connectivity index (χ3v) is 3.98. The van der Waals surface area contributed by atoms with Gasteiger partial charge in [0.25, 0.3) is 0 Å². The molecule has 0 aliphatic heterocycles. The maximum Gasteiger partial charge on any atom is 0.310 e. The van der Waals surface area contributed by atoms with Gasteiger partial charge in [-0.05, 0) is 36.1 Å². The number of benzene rings is 2. The Balaban J connectivity index is 2.47. The van der Waals surface area contributed by atoms with Crippen molar-refractivity contribution in [2.75, 3.05) is 0 Å². The predicted octanol–water partition coefficient (Wildman–Crippen LogP) is 2.43. The van der Waals surface area contributed by atoms with Gasteiger partial charge in [0.1, 0.15) is 11.5 Å². The van der Waals surface area contributed by atoms with Gasteiger partial charge in [0.15, 0.2) is 0 Å². The predicted molar refractivity (Wildman–Crippen MR) is 85.9 cm³/mol. The Morgan fingerprint density at radius 3 is 1.54 bits per heavy atom. The van der Waals surface area contributed by atoms with Gasteiger partial charge in [-0.25, -0.2) is 0 Å². The van der Waals surface area contributed by atoms with Crippen molar-refractivity contribution in [3.05, 3.63) is 59.7 Å². The minimum absolute atomic E-state index is 0.0919. The molecule has 0 heterocycles. The number of phenols is 2. The largest absolute Gasteiger partial charge is 0.508 e. The van der Waals surface area contributed by atoms with E-state index < -0.39 is 23.8 Å². The molecule has 0 radical (unpaired) electrons. The van der Waals surface area contributed by atoms with Crippen LogP contribution < -0.4 is 0 Å². The van der Waals surface area contributed by atoms with Gasteiger partial charge in [-0.2, -0.15) is 0 Å². The number of aromatic hydroxyl groups is 2. The smallest absolute Gasteiger partial charge is 0.310 e. The molecule has 6 nitrogen and oxygen atoms in total. The Labute approximate surface area is 138 Å². The van der Waals surface area contributed by atoms with Gasteiger partial charge >= 0.3 is 11.9 Å². The summed E-state index contributed by atoms with van der Waals surface area (Å²) in [6.45, 7) is 0. The molecule has 6 heteroatoms. The molecular weight excluding hydrogens is 312 g/mol. The van der Waals surface area contributed by atoms with E-state index in [0.29, 0.717) is 11.1 Å². The molecule has 0 bridgehead atoms. The van der Waals surface area contributed by atoms with Crippen LogP contribution in [0.5, 0.6) is 11.5 Å². The van der Waals surface area contributed by atoms with Gasteiger partial charge in [-0.3, -0.25) is 9.59 Å². The second-order valence-corrected chi connectivity index (χ2v) is 5.77. The van der Waals surface area contributed by atoms with E-state index in [4.69, 9.17) is 0 Å². The van der Waals surface area contributed by atoms with Gasteiger partial charge in [0.05, 0.1) is 11.8 Å². The maximum absolute atomic E-state index is 12.0. The van der Waals surface area contributed by atoms with Crippen molar-refractivity contribution < 1.29 is 30.0 Å². The van der Waals surface area contributed by atoms with Crippen molar-refractivity contribution >= 4 is 11.9 Å². The van der Waals surface area contributed by atoms with Gasteiger partial charge in [-0.15, -0.1) is 0 Å². The molecule has 0 saturated heterocycles. The Morgan fingerprint density at radius 2 is 1.21 bits per heavy atom. The van der Waals surface area contributed by atoms with Crippen LogP contribution in [0.15, 0.2) is 48.5 Å². The lowest BCUT2D eigenvalue weighted by molar-refractivity contribution is -0.155. The SMILES string of the molecule is O=C(O)CC(Cc1ccccc1O)(Cc1ccccc1O)C(=O)O. The first-order valence-corrected chi connectivity index (χ1v) is 7.33. The normalized spacial score (nSPS) is 11.2. The van der Waals surface area contributed by atoms with Gasteiger partial charge in [0, 0.05) is 0 Å². The Hall–Kier alpha value is -3.02. The van der Waals surface area contributed by atoms with Crippen LogP contribution in [0.4, 0.5) is 0 Å². The van der Waals surface area contributed by atoms with Gasteiger partial charge in [-0.1, -0.05) is 36.4 Å². The van der Waals surface area contributed by atoms with Crippen LogP contribution in [0.1, 0.15) is 17.5 Å². The standard InChI is InChI=1S/C18H18O6/c19-14-7-3-1-5-12(14)9-18(17(23)24,11-16(21)22)10-13-6-2-4-8-15(13)20/h1-8,19-20H,9-11H2,(H,21,22)(H,23,24). The molecule has 2 rings (SSSR count). The molecule has 0 aliphatic carbocycles. The molecule has 2 aromatic carbocycles. The van der Waals surface area contributed by atoms with Crippen molar-refractivity contribution in [3.8, 4) is 11.5 Å². The number of rotatable bonds is 7. The quantitative estimate of drug-likeness (QED) is 0.620. The molecule has 0 amide bonds. The van der Waals surface area contributed by atoms with Crippen LogP contribution in [-0.2, 0) is 22.4 Å². The van der Waals surface area contributed by atoms with Gasteiger partial charge < -0.3 is 20.4 Å². The van der Waals surface area contributed by atoms with Crippen LogP contribution in [0.2, 0.25) is 0 Å². The van der Waals surface area contributed by atoms with Crippen LogP contribution >= 0.6 is 0 Å². The lowest BCUT2D eigenvalue weighted by Crippen LogP contribution is -2.38. The summed E-state index contributed by atoms with van der Waals surface area (Å²) >= 11 is 0.